The Morgan fingerprint density at radius 1 is 1.15 bits per heavy atom. The fourth-order valence-electron chi connectivity index (χ4n) is 3.51. The van der Waals surface area contributed by atoms with Crippen LogP contribution in [0.25, 0.3) is 11.1 Å². The molecule has 134 valence electrons. The first kappa shape index (κ1) is 16.6. The quantitative estimate of drug-likeness (QED) is 0.765. The van der Waals surface area contributed by atoms with Crippen LogP contribution in [-0.4, -0.2) is 24.0 Å². The van der Waals surface area contributed by atoms with Crippen molar-refractivity contribution in [3.8, 4) is 0 Å². The van der Waals surface area contributed by atoms with Gasteiger partial charge in [-0.15, -0.1) is 0 Å². The number of amides is 1. The van der Waals surface area contributed by atoms with E-state index in [-0.39, 0.29) is 11.8 Å². The molecular formula is C21H23N3O2. The van der Waals surface area contributed by atoms with Crippen molar-refractivity contribution in [1.82, 2.24) is 4.98 Å². The Bertz CT molecular complexity index is 877. The van der Waals surface area contributed by atoms with Crippen molar-refractivity contribution in [3.05, 3.63) is 54.1 Å². The number of benzene rings is 2. The zero-order valence-corrected chi connectivity index (χ0v) is 14.9. The van der Waals surface area contributed by atoms with Crippen LogP contribution in [0.15, 0.2) is 52.9 Å². The Morgan fingerprint density at radius 2 is 1.88 bits per heavy atom. The van der Waals surface area contributed by atoms with Gasteiger partial charge >= 0.3 is 0 Å². The Morgan fingerprint density at radius 3 is 2.65 bits per heavy atom. The number of fused-ring (bicyclic) bond motifs is 1. The topological polar surface area (TPSA) is 58.4 Å². The zero-order valence-electron chi connectivity index (χ0n) is 14.9. The van der Waals surface area contributed by atoms with Crippen LogP contribution in [0.3, 0.4) is 0 Å². The molecule has 0 saturated carbocycles. The highest BCUT2D eigenvalue weighted by atomic mass is 16.4. The molecule has 1 fully saturated rings. The maximum Gasteiger partial charge on any atom is 0.298 e. The Hall–Kier alpha value is -2.82. The lowest BCUT2D eigenvalue weighted by atomic mass is 9.96. The number of oxazole rings is 1. The summed E-state index contributed by atoms with van der Waals surface area (Å²) in [4.78, 5) is 19.3. The second-order valence-corrected chi connectivity index (χ2v) is 6.73. The molecule has 0 spiro atoms. The predicted molar refractivity (Wildman–Crippen MR) is 103 cm³/mol. The summed E-state index contributed by atoms with van der Waals surface area (Å²) in [6.45, 7) is 3.66. The third kappa shape index (κ3) is 3.29. The lowest BCUT2D eigenvalue weighted by Crippen LogP contribution is -2.38. The fraction of sp³-hybridized carbons (Fsp3) is 0.333. The molecule has 0 unspecified atom stereocenters. The lowest BCUT2D eigenvalue weighted by molar-refractivity contribution is -0.120. The van der Waals surface area contributed by atoms with Gasteiger partial charge in [-0.3, -0.25) is 4.79 Å². The summed E-state index contributed by atoms with van der Waals surface area (Å²) in [5, 5.41) is 3.11. The van der Waals surface area contributed by atoms with Crippen molar-refractivity contribution in [2.75, 3.05) is 23.3 Å². The van der Waals surface area contributed by atoms with Crippen LogP contribution in [0.4, 0.5) is 11.7 Å². The first-order chi connectivity index (χ1) is 12.7. The molecule has 3 aromatic rings. The molecule has 2 aromatic carbocycles. The number of aryl methyl sites for hydroxylation is 1. The Labute approximate surface area is 153 Å². The van der Waals surface area contributed by atoms with Crippen molar-refractivity contribution in [1.29, 1.82) is 0 Å². The van der Waals surface area contributed by atoms with E-state index in [4.69, 9.17) is 4.42 Å². The highest BCUT2D eigenvalue weighted by molar-refractivity contribution is 5.93. The first-order valence-electron chi connectivity index (χ1n) is 9.24. The molecule has 1 aliphatic heterocycles. The molecule has 0 aliphatic carbocycles. The fourth-order valence-corrected chi connectivity index (χ4v) is 3.51. The van der Waals surface area contributed by atoms with Gasteiger partial charge in [0, 0.05) is 24.7 Å². The minimum Gasteiger partial charge on any atom is -0.423 e. The smallest absolute Gasteiger partial charge is 0.298 e. The molecule has 26 heavy (non-hydrogen) atoms. The van der Waals surface area contributed by atoms with Gasteiger partial charge < -0.3 is 14.6 Å². The van der Waals surface area contributed by atoms with Crippen molar-refractivity contribution < 1.29 is 9.21 Å². The van der Waals surface area contributed by atoms with Crippen molar-refractivity contribution in [2.45, 2.75) is 26.2 Å². The van der Waals surface area contributed by atoms with E-state index in [9.17, 15) is 4.79 Å². The van der Waals surface area contributed by atoms with Gasteiger partial charge in [0.1, 0.15) is 5.52 Å². The van der Waals surface area contributed by atoms with Crippen LogP contribution < -0.4 is 10.2 Å². The van der Waals surface area contributed by atoms with Gasteiger partial charge in [0.25, 0.3) is 6.01 Å². The third-order valence-electron chi connectivity index (χ3n) is 5.07. The van der Waals surface area contributed by atoms with Gasteiger partial charge in [-0.05, 0) is 43.0 Å². The van der Waals surface area contributed by atoms with E-state index in [2.05, 4.69) is 28.2 Å². The molecular weight excluding hydrogens is 326 g/mol. The molecule has 4 rings (SSSR count). The summed E-state index contributed by atoms with van der Waals surface area (Å²) in [5.74, 6) is 0.142. The first-order valence-corrected chi connectivity index (χ1v) is 9.24. The Balaban J connectivity index is 1.39. The number of aromatic nitrogens is 1. The van der Waals surface area contributed by atoms with Crippen molar-refractivity contribution >= 4 is 28.7 Å². The summed E-state index contributed by atoms with van der Waals surface area (Å²) in [7, 11) is 0. The molecule has 5 heteroatoms. The minimum absolute atomic E-state index is 0.0283. The van der Waals surface area contributed by atoms with E-state index in [0.717, 1.165) is 49.1 Å². The average Bonchev–Trinajstić information content (AvgIpc) is 3.13. The van der Waals surface area contributed by atoms with E-state index in [1.807, 2.05) is 42.5 Å². The summed E-state index contributed by atoms with van der Waals surface area (Å²) < 4.78 is 5.84. The van der Waals surface area contributed by atoms with Gasteiger partial charge in [0.05, 0.1) is 0 Å². The molecule has 0 bridgehead atoms. The van der Waals surface area contributed by atoms with Gasteiger partial charge in [-0.25, -0.2) is 0 Å². The number of carbonyl (C=O) groups excluding carboxylic acids is 1. The minimum atomic E-state index is 0.0283. The van der Waals surface area contributed by atoms with E-state index < -0.39 is 0 Å². The largest absolute Gasteiger partial charge is 0.423 e. The summed E-state index contributed by atoms with van der Waals surface area (Å²) in [6.07, 6.45) is 2.52. The number of nitrogens with one attached hydrogen (secondary N) is 1. The van der Waals surface area contributed by atoms with Gasteiger partial charge in [-0.1, -0.05) is 37.3 Å². The van der Waals surface area contributed by atoms with Gasteiger partial charge in [0.2, 0.25) is 5.91 Å². The molecule has 1 amide bonds. The predicted octanol–water partition coefficient (Wildman–Crippen LogP) is 4.25. The molecule has 1 saturated heterocycles. The molecule has 1 N–H and O–H groups in total. The third-order valence-corrected chi connectivity index (χ3v) is 5.07. The van der Waals surface area contributed by atoms with Crippen molar-refractivity contribution in [2.24, 2.45) is 5.92 Å². The van der Waals surface area contributed by atoms with E-state index >= 15 is 0 Å². The maximum atomic E-state index is 12.7. The summed E-state index contributed by atoms with van der Waals surface area (Å²) in [5.41, 5.74) is 3.78. The van der Waals surface area contributed by atoms with Crippen LogP contribution in [0.5, 0.6) is 0 Å². The molecule has 1 aliphatic rings. The molecule has 5 nitrogen and oxygen atoms in total. The zero-order chi connectivity index (χ0) is 17.9. The Kier molecular flexibility index (Phi) is 4.61. The highest BCUT2D eigenvalue weighted by Crippen LogP contribution is 2.27. The number of carbonyl (C=O) groups is 1. The second kappa shape index (κ2) is 7.20. The normalized spacial score (nSPS) is 15.3. The standard InChI is InChI=1S/C21H23N3O2/c1-2-15-7-3-4-8-17(15)22-20(25)16-11-13-24(14-12-16)21-23-18-9-5-6-10-19(18)26-21/h3-10,16H,2,11-14H2,1H3,(H,22,25). The number of nitrogens with zero attached hydrogens (tertiary/aromatic N) is 2. The molecule has 0 radical (unpaired) electrons. The second-order valence-electron chi connectivity index (χ2n) is 6.73. The number of anilines is 2. The van der Waals surface area contributed by atoms with Crippen molar-refractivity contribution in [3.63, 3.8) is 0 Å². The monoisotopic (exact) mass is 349 g/mol. The number of piperidine rings is 1. The van der Waals surface area contributed by atoms with Gasteiger partial charge in [0.15, 0.2) is 5.58 Å². The summed E-state index contributed by atoms with van der Waals surface area (Å²) >= 11 is 0. The van der Waals surface area contributed by atoms with Gasteiger partial charge in [-0.2, -0.15) is 4.98 Å². The molecule has 2 heterocycles. The van der Waals surface area contributed by atoms with Crippen LogP contribution in [0, 0.1) is 5.92 Å². The van der Waals surface area contributed by atoms with E-state index in [0.29, 0.717) is 6.01 Å². The summed E-state index contributed by atoms with van der Waals surface area (Å²) in [6, 6.07) is 16.4. The maximum absolute atomic E-state index is 12.7. The van der Waals surface area contributed by atoms with E-state index in [1.165, 1.54) is 5.56 Å². The molecule has 0 atom stereocenters. The highest BCUT2D eigenvalue weighted by Gasteiger charge is 2.27. The lowest BCUT2D eigenvalue weighted by Gasteiger charge is -2.30. The average molecular weight is 349 g/mol. The van der Waals surface area contributed by atoms with Crippen LogP contribution in [0.2, 0.25) is 0 Å². The number of hydrogen-bond donors (Lipinski definition) is 1. The van der Waals surface area contributed by atoms with Crippen LogP contribution in [-0.2, 0) is 11.2 Å². The number of hydrogen-bond acceptors (Lipinski definition) is 4. The number of rotatable bonds is 4. The van der Waals surface area contributed by atoms with E-state index in [1.54, 1.807) is 0 Å². The molecule has 1 aromatic heterocycles. The SMILES string of the molecule is CCc1ccccc1NC(=O)C1CCN(c2nc3ccccc3o2)CC1. The van der Waals surface area contributed by atoms with Crippen LogP contribution >= 0.6 is 0 Å². The van der Waals surface area contributed by atoms with Crippen LogP contribution in [0.1, 0.15) is 25.3 Å². The number of para-hydroxylation sites is 3.